The van der Waals surface area contributed by atoms with Crippen LogP contribution < -0.4 is 0 Å². The number of nitrogens with one attached hydrogen (secondary N) is 1. The van der Waals surface area contributed by atoms with Gasteiger partial charge in [0, 0.05) is 29.2 Å². The highest BCUT2D eigenvalue weighted by molar-refractivity contribution is 8.00. The van der Waals surface area contributed by atoms with Crippen LogP contribution in [0, 0.1) is 5.92 Å². The van der Waals surface area contributed by atoms with Crippen molar-refractivity contribution in [1.82, 2.24) is 9.88 Å². The van der Waals surface area contributed by atoms with Crippen molar-refractivity contribution in [3.8, 4) is 0 Å². The molecule has 1 unspecified atom stereocenters. The Balaban J connectivity index is 1.71. The van der Waals surface area contributed by atoms with Crippen molar-refractivity contribution in [3.63, 3.8) is 0 Å². The molecule has 1 atom stereocenters. The van der Waals surface area contributed by atoms with Crippen LogP contribution in [-0.4, -0.2) is 28.1 Å². The molecule has 1 aromatic heterocycles. The zero-order valence-electron chi connectivity index (χ0n) is 10.6. The van der Waals surface area contributed by atoms with Gasteiger partial charge in [0.25, 0.3) is 0 Å². The lowest BCUT2D eigenvalue weighted by Crippen LogP contribution is -2.30. The van der Waals surface area contributed by atoms with E-state index >= 15 is 0 Å². The van der Waals surface area contributed by atoms with E-state index in [9.17, 15) is 4.79 Å². The molecule has 98 valence electrons. The second kappa shape index (κ2) is 4.30. The lowest BCUT2D eigenvalue weighted by atomic mass is 10.1. The van der Waals surface area contributed by atoms with Crippen LogP contribution in [0.5, 0.6) is 0 Å². The average molecular weight is 272 g/mol. The lowest BCUT2D eigenvalue weighted by Gasteiger charge is -2.23. The summed E-state index contributed by atoms with van der Waals surface area (Å²) >= 11 is 1.76. The summed E-state index contributed by atoms with van der Waals surface area (Å²) in [5, 5.41) is 1.44. The van der Waals surface area contributed by atoms with Gasteiger partial charge < -0.3 is 9.88 Å². The number of thioether (sulfide) groups is 1. The molecule has 1 N–H and O–H groups in total. The summed E-state index contributed by atoms with van der Waals surface area (Å²) in [5.41, 5.74) is 2.41. The maximum absolute atomic E-state index is 12.1. The summed E-state index contributed by atoms with van der Waals surface area (Å²) in [4.78, 5) is 17.5. The zero-order valence-corrected chi connectivity index (χ0v) is 11.5. The first-order valence-electron chi connectivity index (χ1n) is 6.80. The van der Waals surface area contributed by atoms with Crippen LogP contribution in [0.15, 0.2) is 30.5 Å². The first-order chi connectivity index (χ1) is 9.33. The molecule has 1 aliphatic carbocycles. The molecule has 1 aliphatic heterocycles. The topological polar surface area (TPSA) is 36.1 Å². The summed E-state index contributed by atoms with van der Waals surface area (Å²) in [5.74, 6) is 1.67. The number of hydrogen-bond acceptors (Lipinski definition) is 2. The molecule has 4 rings (SSSR count). The minimum Gasteiger partial charge on any atom is -0.361 e. The average Bonchev–Trinajstić information content (AvgIpc) is 3.04. The van der Waals surface area contributed by atoms with E-state index in [0.29, 0.717) is 11.7 Å². The number of nitrogens with zero attached hydrogens (tertiary/aromatic N) is 1. The van der Waals surface area contributed by atoms with Gasteiger partial charge in [0.15, 0.2) is 0 Å². The minimum absolute atomic E-state index is 0.198. The number of para-hydroxylation sites is 1. The molecule has 19 heavy (non-hydrogen) atoms. The highest BCUT2D eigenvalue weighted by atomic mass is 32.2. The van der Waals surface area contributed by atoms with Crippen molar-refractivity contribution < 1.29 is 4.79 Å². The van der Waals surface area contributed by atoms with Crippen LogP contribution in [0.3, 0.4) is 0 Å². The molecule has 0 bridgehead atoms. The number of aromatic nitrogens is 1. The van der Waals surface area contributed by atoms with Crippen molar-refractivity contribution >= 4 is 28.6 Å². The molecule has 4 heteroatoms. The van der Waals surface area contributed by atoms with E-state index in [-0.39, 0.29) is 5.37 Å². The van der Waals surface area contributed by atoms with Gasteiger partial charge in [-0.2, -0.15) is 0 Å². The molecule has 1 saturated heterocycles. The fraction of sp³-hybridized carbons (Fsp3) is 0.400. The van der Waals surface area contributed by atoms with Crippen molar-refractivity contribution in [2.45, 2.75) is 18.2 Å². The number of benzene rings is 1. The Morgan fingerprint density at radius 3 is 3.00 bits per heavy atom. The Bertz CT molecular complexity index is 632. The lowest BCUT2D eigenvalue weighted by molar-refractivity contribution is -0.128. The molecule has 2 aromatic rings. The van der Waals surface area contributed by atoms with E-state index in [1.165, 1.54) is 23.8 Å². The summed E-state index contributed by atoms with van der Waals surface area (Å²) in [6.45, 7) is 0.940. The molecule has 0 radical (unpaired) electrons. The van der Waals surface area contributed by atoms with Gasteiger partial charge in [-0.3, -0.25) is 4.79 Å². The van der Waals surface area contributed by atoms with Crippen LogP contribution in [-0.2, 0) is 4.79 Å². The second-order valence-corrected chi connectivity index (χ2v) is 6.51. The molecule has 0 spiro atoms. The van der Waals surface area contributed by atoms with E-state index in [4.69, 9.17) is 0 Å². The zero-order chi connectivity index (χ0) is 12.8. The highest BCUT2D eigenvalue weighted by Gasteiger charge is 2.37. The largest absolute Gasteiger partial charge is 0.361 e. The molecule has 1 aromatic carbocycles. The Morgan fingerprint density at radius 1 is 1.32 bits per heavy atom. The minimum atomic E-state index is 0.198. The van der Waals surface area contributed by atoms with E-state index < -0.39 is 0 Å². The summed E-state index contributed by atoms with van der Waals surface area (Å²) < 4.78 is 0. The van der Waals surface area contributed by atoms with E-state index in [0.717, 1.165) is 18.0 Å². The van der Waals surface area contributed by atoms with Gasteiger partial charge in [0.1, 0.15) is 5.37 Å². The molecule has 1 saturated carbocycles. The third-order valence-corrected chi connectivity index (χ3v) is 5.24. The first-order valence-corrected chi connectivity index (χ1v) is 7.85. The third kappa shape index (κ3) is 1.94. The summed E-state index contributed by atoms with van der Waals surface area (Å²) in [6.07, 6.45) is 4.64. The number of fused-ring (bicyclic) bond motifs is 1. The van der Waals surface area contributed by atoms with E-state index in [1.54, 1.807) is 11.8 Å². The maximum Gasteiger partial charge on any atom is 0.233 e. The maximum atomic E-state index is 12.1. The molecule has 2 fully saturated rings. The number of rotatable bonds is 3. The van der Waals surface area contributed by atoms with Gasteiger partial charge in [-0.05, 0) is 24.8 Å². The van der Waals surface area contributed by atoms with Crippen LogP contribution in [0.4, 0.5) is 0 Å². The van der Waals surface area contributed by atoms with Crippen LogP contribution in [0.2, 0.25) is 0 Å². The van der Waals surface area contributed by atoms with Gasteiger partial charge >= 0.3 is 0 Å². The van der Waals surface area contributed by atoms with Crippen molar-refractivity contribution in [2.24, 2.45) is 5.92 Å². The number of hydrogen-bond donors (Lipinski definition) is 1. The fourth-order valence-corrected chi connectivity index (χ4v) is 4.01. The van der Waals surface area contributed by atoms with Crippen LogP contribution >= 0.6 is 11.8 Å². The SMILES string of the molecule is O=C1CSC(c2c[nH]c3ccccc23)N1CC1CC1. The van der Waals surface area contributed by atoms with Gasteiger partial charge in [-0.15, -0.1) is 11.8 Å². The fourth-order valence-electron chi connectivity index (χ4n) is 2.79. The quantitative estimate of drug-likeness (QED) is 0.931. The number of aromatic amines is 1. The Morgan fingerprint density at radius 2 is 2.16 bits per heavy atom. The van der Waals surface area contributed by atoms with Gasteiger partial charge in [0.2, 0.25) is 5.91 Å². The number of carbonyl (C=O) groups is 1. The molecule has 2 aliphatic rings. The van der Waals surface area contributed by atoms with Crippen molar-refractivity contribution in [3.05, 3.63) is 36.0 Å². The smallest absolute Gasteiger partial charge is 0.233 e. The molecular weight excluding hydrogens is 256 g/mol. The standard InChI is InChI=1S/C15H16N2OS/c18-14-9-19-15(17(14)8-10-5-6-10)12-7-16-13-4-2-1-3-11(12)13/h1-4,7,10,15-16H,5-6,8-9H2. The van der Waals surface area contributed by atoms with Crippen molar-refractivity contribution in [1.29, 1.82) is 0 Å². The predicted molar refractivity (Wildman–Crippen MR) is 77.9 cm³/mol. The van der Waals surface area contributed by atoms with Gasteiger partial charge in [0.05, 0.1) is 5.75 Å². The van der Waals surface area contributed by atoms with Gasteiger partial charge in [-0.1, -0.05) is 18.2 Å². The monoisotopic (exact) mass is 272 g/mol. The normalized spacial score (nSPS) is 23.5. The van der Waals surface area contributed by atoms with E-state index in [2.05, 4.69) is 34.3 Å². The summed E-state index contributed by atoms with van der Waals surface area (Å²) in [6, 6.07) is 8.33. The van der Waals surface area contributed by atoms with Crippen LogP contribution in [0.25, 0.3) is 10.9 Å². The first kappa shape index (κ1) is 11.4. The van der Waals surface area contributed by atoms with E-state index in [1.807, 2.05) is 6.07 Å². The number of amides is 1. The number of carbonyl (C=O) groups excluding carboxylic acids is 1. The van der Waals surface area contributed by atoms with Gasteiger partial charge in [-0.25, -0.2) is 0 Å². The predicted octanol–water partition coefficient (Wildman–Crippen LogP) is 3.15. The van der Waals surface area contributed by atoms with Crippen molar-refractivity contribution in [2.75, 3.05) is 12.3 Å². The molecule has 3 nitrogen and oxygen atoms in total. The second-order valence-electron chi connectivity index (χ2n) is 5.44. The molecular formula is C15H16N2OS. The third-order valence-electron chi connectivity index (χ3n) is 4.01. The van der Waals surface area contributed by atoms with Crippen LogP contribution in [0.1, 0.15) is 23.8 Å². The Kier molecular flexibility index (Phi) is 2.58. The Labute approximate surface area is 116 Å². The summed E-state index contributed by atoms with van der Waals surface area (Å²) in [7, 11) is 0. The Hall–Kier alpha value is -1.42. The molecule has 2 heterocycles. The molecule has 1 amide bonds. The number of H-pyrrole nitrogens is 1. The highest BCUT2D eigenvalue weighted by Crippen LogP contribution is 2.43.